The van der Waals surface area contributed by atoms with Crippen LogP contribution in [0.15, 0.2) is 60.7 Å². The maximum Gasteiger partial charge on any atom is 0.255 e. The standard InChI is InChI=1S/C27H26FN3O/c1-17-13-14-23-24(18(17)2)30-26(29-23)27(3)15-8-16-31(27)25(32)21-11-5-4-9-19(21)20-10-6-7-12-22(20)28/h4-7,9-14H,8,15-16H2,1-3H3,(H,29,30)/t27-/m0/s1. The third-order valence-corrected chi connectivity index (χ3v) is 6.90. The number of hydrogen-bond donors (Lipinski definition) is 1. The first-order valence-electron chi connectivity index (χ1n) is 11.0. The number of amides is 1. The van der Waals surface area contributed by atoms with Gasteiger partial charge >= 0.3 is 0 Å². The van der Waals surface area contributed by atoms with Crippen molar-refractivity contribution in [2.75, 3.05) is 6.54 Å². The number of carbonyl (C=O) groups excluding carboxylic acids is 1. The molecule has 1 fully saturated rings. The molecule has 1 N–H and O–H groups in total. The molecule has 0 aliphatic carbocycles. The smallest absolute Gasteiger partial charge is 0.255 e. The maximum atomic E-state index is 14.6. The number of aromatic nitrogens is 2. The van der Waals surface area contributed by atoms with Gasteiger partial charge in [0.15, 0.2) is 0 Å². The van der Waals surface area contributed by atoms with Gasteiger partial charge < -0.3 is 9.88 Å². The van der Waals surface area contributed by atoms with Gasteiger partial charge in [-0.15, -0.1) is 0 Å². The van der Waals surface area contributed by atoms with E-state index in [0.717, 1.165) is 35.3 Å². The first-order chi connectivity index (χ1) is 15.4. The normalized spacial score (nSPS) is 18.4. The van der Waals surface area contributed by atoms with Gasteiger partial charge in [-0.2, -0.15) is 0 Å². The van der Waals surface area contributed by atoms with E-state index in [1.807, 2.05) is 29.2 Å². The fourth-order valence-electron chi connectivity index (χ4n) is 4.83. The number of aromatic amines is 1. The van der Waals surface area contributed by atoms with Crippen molar-refractivity contribution in [1.29, 1.82) is 0 Å². The van der Waals surface area contributed by atoms with Crippen LogP contribution in [-0.2, 0) is 5.54 Å². The molecule has 4 aromatic rings. The minimum absolute atomic E-state index is 0.0998. The van der Waals surface area contributed by atoms with Gasteiger partial charge in [0.05, 0.1) is 16.6 Å². The zero-order valence-electron chi connectivity index (χ0n) is 18.6. The lowest BCUT2D eigenvalue weighted by Crippen LogP contribution is -2.43. The van der Waals surface area contributed by atoms with Crippen molar-refractivity contribution in [2.45, 2.75) is 39.2 Å². The van der Waals surface area contributed by atoms with Gasteiger partial charge in [-0.1, -0.05) is 42.5 Å². The summed E-state index contributed by atoms with van der Waals surface area (Å²) in [5.41, 5.74) is 5.27. The van der Waals surface area contributed by atoms with Crippen LogP contribution in [0.2, 0.25) is 0 Å². The van der Waals surface area contributed by atoms with E-state index in [9.17, 15) is 9.18 Å². The molecule has 162 valence electrons. The molecule has 1 aliphatic heterocycles. The van der Waals surface area contributed by atoms with Crippen molar-refractivity contribution in [3.63, 3.8) is 0 Å². The largest absolute Gasteiger partial charge is 0.340 e. The Balaban J connectivity index is 1.58. The Kier molecular flexibility index (Phi) is 4.85. The van der Waals surface area contributed by atoms with Gasteiger partial charge in [-0.3, -0.25) is 4.79 Å². The summed E-state index contributed by atoms with van der Waals surface area (Å²) in [6.45, 7) is 6.86. The van der Waals surface area contributed by atoms with Gasteiger partial charge in [0.25, 0.3) is 5.91 Å². The molecule has 2 heterocycles. The molecule has 1 atom stereocenters. The van der Waals surface area contributed by atoms with E-state index in [4.69, 9.17) is 4.98 Å². The molecule has 0 bridgehead atoms. The number of carbonyl (C=O) groups is 1. The lowest BCUT2D eigenvalue weighted by molar-refractivity contribution is 0.0607. The lowest BCUT2D eigenvalue weighted by Gasteiger charge is -2.34. The number of nitrogens with one attached hydrogen (secondary N) is 1. The molecule has 0 unspecified atom stereocenters. The molecule has 32 heavy (non-hydrogen) atoms. The summed E-state index contributed by atoms with van der Waals surface area (Å²) >= 11 is 0. The molecule has 1 saturated heterocycles. The zero-order valence-corrected chi connectivity index (χ0v) is 18.6. The Morgan fingerprint density at radius 2 is 1.75 bits per heavy atom. The minimum atomic E-state index is -0.557. The third-order valence-electron chi connectivity index (χ3n) is 6.90. The summed E-state index contributed by atoms with van der Waals surface area (Å²) in [6.07, 6.45) is 1.71. The van der Waals surface area contributed by atoms with Crippen LogP contribution in [0.25, 0.3) is 22.2 Å². The van der Waals surface area contributed by atoms with Crippen LogP contribution in [0.4, 0.5) is 4.39 Å². The number of aryl methyl sites for hydroxylation is 2. The fourth-order valence-corrected chi connectivity index (χ4v) is 4.83. The van der Waals surface area contributed by atoms with Gasteiger partial charge in [-0.25, -0.2) is 9.37 Å². The zero-order chi connectivity index (χ0) is 22.5. The molecule has 1 aliphatic rings. The number of nitrogens with zero attached hydrogens (tertiary/aromatic N) is 2. The second-order valence-corrected chi connectivity index (χ2v) is 8.85. The van der Waals surface area contributed by atoms with Gasteiger partial charge in [0.2, 0.25) is 0 Å². The highest BCUT2D eigenvalue weighted by Crippen LogP contribution is 2.40. The quantitative estimate of drug-likeness (QED) is 0.427. The van der Waals surface area contributed by atoms with E-state index >= 15 is 0 Å². The van der Waals surface area contributed by atoms with Crippen molar-refractivity contribution < 1.29 is 9.18 Å². The molecule has 0 spiro atoms. The van der Waals surface area contributed by atoms with E-state index in [2.05, 4.69) is 31.8 Å². The predicted molar refractivity (Wildman–Crippen MR) is 125 cm³/mol. The Morgan fingerprint density at radius 1 is 1.03 bits per heavy atom. The number of H-pyrrole nitrogens is 1. The average Bonchev–Trinajstić information content (AvgIpc) is 3.41. The van der Waals surface area contributed by atoms with Crippen molar-refractivity contribution >= 4 is 16.9 Å². The number of benzene rings is 3. The van der Waals surface area contributed by atoms with Crippen molar-refractivity contribution in [3.8, 4) is 11.1 Å². The predicted octanol–water partition coefficient (Wildman–Crippen LogP) is 6.14. The Morgan fingerprint density at radius 3 is 2.53 bits per heavy atom. The number of fused-ring (bicyclic) bond motifs is 1. The highest BCUT2D eigenvalue weighted by molar-refractivity contribution is 6.01. The molecule has 0 saturated carbocycles. The second kappa shape index (κ2) is 7.59. The number of likely N-dealkylation sites (tertiary alicyclic amines) is 1. The average molecular weight is 428 g/mol. The third kappa shape index (κ3) is 3.11. The Labute approximate surface area is 187 Å². The second-order valence-electron chi connectivity index (χ2n) is 8.85. The Hall–Kier alpha value is -3.47. The first kappa shape index (κ1) is 20.4. The molecular formula is C27H26FN3O. The van der Waals surface area contributed by atoms with Gasteiger partial charge in [0, 0.05) is 17.7 Å². The number of hydrogen-bond acceptors (Lipinski definition) is 2. The van der Waals surface area contributed by atoms with E-state index in [-0.39, 0.29) is 11.7 Å². The van der Waals surface area contributed by atoms with E-state index < -0.39 is 5.54 Å². The van der Waals surface area contributed by atoms with Crippen molar-refractivity contribution in [3.05, 3.63) is 89.0 Å². The number of rotatable bonds is 3. The van der Waals surface area contributed by atoms with Crippen molar-refractivity contribution in [2.24, 2.45) is 0 Å². The molecule has 4 nitrogen and oxygen atoms in total. The summed E-state index contributed by atoms with van der Waals surface area (Å²) in [5.74, 6) is 0.368. The summed E-state index contributed by atoms with van der Waals surface area (Å²) < 4.78 is 14.6. The highest BCUT2D eigenvalue weighted by Gasteiger charge is 2.44. The van der Waals surface area contributed by atoms with Crippen LogP contribution >= 0.6 is 0 Å². The van der Waals surface area contributed by atoms with Crippen LogP contribution in [0, 0.1) is 19.7 Å². The van der Waals surface area contributed by atoms with Crippen LogP contribution in [0.1, 0.15) is 47.1 Å². The molecule has 0 radical (unpaired) electrons. The maximum absolute atomic E-state index is 14.6. The van der Waals surface area contributed by atoms with Crippen LogP contribution in [0.5, 0.6) is 0 Å². The summed E-state index contributed by atoms with van der Waals surface area (Å²) in [4.78, 5) is 24.1. The van der Waals surface area contributed by atoms with Crippen LogP contribution in [0.3, 0.4) is 0 Å². The van der Waals surface area contributed by atoms with Crippen LogP contribution in [-0.4, -0.2) is 27.3 Å². The SMILES string of the molecule is Cc1ccc2[nH]c([C@]3(C)CCCN3C(=O)c3ccccc3-c3ccccc3F)nc2c1C. The summed E-state index contributed by atoms with van der Waals surface area (Å²) in [7, 11) is 0. The van der Waals surface area contributed by atoms with E-state index in [1.54, 1.807) is 24.3 Å². The van der Waals surface area contributed by atoms with Gasteiger partial charge in [-0.05, 0) is 68.5 Å². The van der Waals surface area contributed by atoms with Crippen LogP contribution < -0.4 is 0 Å². The Bertz CT molecular complexity index is 1340. The monoisotopic (exact) mass is 427 g/mol. The topological polar surface area (TPSA) is 49.0 Å². The number of halogens is 1. The first-order valence-corrected chi connectivity index (χ1v) is 11.0. The molecule has 5 rings (SSSR count). The molecule has 3 aromatic carbocycles. The van der Waals surface area contributed by atoms with Crippen molar-refractivity contribution in [1.82, 2.24) is 14.9 Å². The number of imidazole rings is 1. The summed E-state index contributed by atoms with van der Waals surface area (Å²) in [5, 5.41) is 0. The van der Waals surface area contributed by atoms with E-state index in [1.165, 1.54) is 11.6 Å². The van der Waals surface area contributed by atoms with Gasteiger partial charge in [0.1, 0.15) is 11.6 Å². The minimum Gasteiger partial charge on any atom is -0.340 e. The molecule has 5 heteroatoms. The fraction of sp³-hybridized carbons (Fsp3) is 0.259. The lowest BCUT2D eigenvalue weighted by atomic mass is 9.94. The molecule has 1 aromatic heterocycles. The highest BCUT2D eigenvalue weighted by atomic mass is 19.1. The molecule has 1 amide bonds. The summed E-state index contributed by atoms with van der Waals surface area (Å²) in [6, 6.07) is 18.0. The van der Waals surface area contributed by atoms with E-state index in [0.29, 0.717) is 23.2 Å². The molecular weight excluding hydrogens is 401 g/mol.